The molecule has 1 aromatic carbocycles. The second-order valence-electron chi connectivity index (χ2n) is 8.02. The average molecular weight is 340 g/mol. The van der Waals surface area contributed by atoms with E-state index in [2.05, 4.69) is 29.6 Å². The zero-order chi connectivity index (χ0) is 17.2. The molecule has 1 aromatic rings. The fourth-order valence-electron chi connectivity index (χ4n) is 4.38. The van der Waals surface area contributed by atoms with Gasteiger partial charge in [0.2, 0.25) is 11.8 Å². The molecule has 0 aromatic heterocycles. The van der Waals surface area contributed by atoms with Gasteiger partial charge in [0, 0.05) is 25.6 Å². The summed E-state index contributed by atoms with van der Waals surface area (Å²) < 4.78 is 0. The van der Waals surface area contributed by atoms with E-state index in [4.69, 9.17) is 0 Å². The van der Waals surface area contributed by atoms with Crippen LogP contribution in [0, 0.1) is 17.8 Å². The zero-order valence-corrected chi connectivity index (χ0v) is 14.9. The van der Waals surface area contributed by atoms with E-state index < -0.39 is 0 Å². The molecular weight excluding hydrogens is 312 g/mol. The highest BCUT2D eigenvalue weighted by atomic mass is 16.2. The largest absolute Gasteiger partial charge is 0.356 e. The lowest BCUT2D eigenvalue weighted by Gasteiger charge is -2.32. The van der Waals surface area contributed by atoms with Gasteiger partial charge in [0.1, 0.15) is 0 Å². The fraction of sp³-hybridized carbons (Fsp3) is 0.619. The van der Waals surface area contributed by atoms with Crippen LogP contribution in [0.4, 0.5) is 0 Å². The van der Waals surface area contributed by atoms with Crippen LogP contribution in [-0.4, -0.2) is 36.3 Å². The van der Waals surface area contributed by atoms with E-state index in [1.165, 1.54) is 11.1 Å². The minimum absolute atomic E-state index is 0.0165. The highest BCUT2D eigenvalue weighted by Gasteiger charge is 2.36. The number of carbonyl (C=O) groups is 2. The van der Waals surface area contributed by atoms with Gasteiger partial charge >= 0.3 is 0 Å². The van der Waals surface area contributed by atoms with Crippen molar-refractivity contribution in [1.82, 2.24) is 10.2 Å². The lowest BCUT2D eigenvalue weighted by molar-refractivity contribution is -0.136. The van der Waals surface area contributed by atoms with Crippen LogP contribution in [0.1, 0.15) is 43.2 Å². The van der Waals surface area contributed by atoms with Gasteiger partial charge < -0.3 is 10.2 Å². The molecule has 1 unspecified atom stereocenters. The maximum Gasteiger partial charge on any atom is 0.225 e. The predicted octanol–water partition coefficient (Wildman–Crippen LogP) is 2.56. The lowest BCUT2D eigenvalue weighted by atomic mass is 9.96. The molecule has 0 bridgehead atoms. The van der Waals surface area contributed by atoms with Gasteiger partial charge in [-0.05, 0) is 62.0 Å². The summed E-state index contributed by atoms with van der Waals surface area (Å²) in [6.45, 7) is 2.21. The third-order valence-electron chi connectivity index (χ3n) is 6.02. The van der Waals surface area contributed by atoms with Crippen LogP contribution in [0.15, 0.2) is 24.3 Å². The quantitative estimate of drug-likeness (QED) is 0.895. The van der Waals surface area contributed by atoms with E-state index in [0.29, 0.717) is 12.5 Å². The minimum Gasteiger partial charge on any atom is -0.356 e. The zero-order valence-electron chi connectivity index (χ0n) is 14.9. The van der Waals surface area contributed by atoms with Crippen molar-refractivity contribution in [3.05, 3.63) is 35.4 Å². The van der Waals surface area contributed by atoms with E-state index >= 15 is 0 Å². The third-order valence-corrected chi connectivity index (χ3v) is 6.02. The first kappa shape index (κ1) is 16.6. The number of benzene rings is 1. The van der Waals surface area contributed by atoms with Crippen LogP contribution in [0.25, 0.3) is 0 Å². The first-order chi connectivity index (χ1) is 12.2. The molecule has 3 aliphatic rings. The van der Waals surface area contributed by atoms with Crippen molar-refractivity contribution in [2.45, 2.75) is 44.9 Å². The standard InChI is InChI=1S/C21H28N2O2/c24-20(19-6-3-11-23(14-19)21(25)16-7-8-16)22-10-9-15-12-17-4-1-2-5-18(17)13-15/h1-2,4-5,15-16,19H,3,6-14H2,(H,22,24). The molecule has 25 heavy (non-hydrogen) atoms. The van der Waals surface area contributed by atoms with Gasteiger partial charge in [-0.1, -0.05) is 24.3 Å². The molecule has 1 heterocycles. The molecule has 134 valence electrons. The third kappa shape index (κ3) is 3.88. The smallest absolute Gasteiger partial charge is 0.225 e. The first-order valence-electron chi connectivity index (χ1n) is 9.84. The molecule has 0 spiro atoms. The molecule has 1 aliphatic heterocycles. The van der Waals surface area contributed by atoms with E-state index in [1.807, 2.05) is 4.90 Å². The molecule has 1 saturated carbocycles. The Kier molecular flexibility index (Phi) is 4.78. The molecule has 1 atom stereocenters. The number of nitrogens with zero attached hydrogens (tertiary/aromatic N) is 1. The highest BCUT2D eigenvalue weighted by Crippen LogP contribution is 2.32. The van der Waals surface area contributed by atoms with Crippen molar-refractivity contribution in [3.8, 4) is 0 Å². The van der Waals surface area contributed by atoms with Crippen LogP contribution in [-0.2, 0) is 22.4 Å². The Morgan fingerprint density at radius 3 is 2.44 bits per heavy atom. The number of likely N-dealkylation sites (tertiary alicyclic amines) is 1. The van der Waals surface area contributed by atoms with Crippen molar-refractivity contribution in [3.63, 3.8) is 0 Å². The van der Waals surface area contributed by atoms with Crippen LogP contribution in [0.5, 0.6) is 0 Å². The molecule has 1 saturated heterocycles. The predicted molar refractivity (Wildman–Crippen MR) is 97.0 cm³/mol. The number of fused-ring (bicyclic) bond motifs is 1. The molecule has 4 rings (SSSR count). The number of hydrogen-bond acceptors (Lipinski definition) is 2. The van der Waals surface area contributed by atoms with Gasteiger partial charge in [0.25, 0.3) is 0 Å². The van der Waals surface area contributed by atoms with E-state index in [0.717, 1.165) is 58.0 Å². The van der Waals surface area contributed by atoms with Gasteiger partial charge in [0.15, 0.2) is 0 Å². The van der Waals surface area contributed by atoms with Crippen LogP contribution in [0.3, 0.4) is 0 Å². The second kappa shape index (κ2) is 7.19. The molecular formula is C21H28N2O2. The Bertz CT molecular complexity index is 628. The van der Waals surface area contributed by atoms with Crippen molar-refractivity contribution in [2.24, 2.45) is 17.8 Å². The average Bonchev–Trinajstić information content (AvgIpc) is 3.40. The molecule has 2 fully saturated rings. The lowest BCUT2D eigenvalue weighted by Crippen LogP contribution is -2.46. The van der Waals surface area contributed by atoms with Crippen LogP contribution in [0.2, 0.25) is 0 Å². The van der Waals surface area contributed by atoms with Gasteiger partial charge in [0.05, 0.1) is 5.92 Å². The van der Waals surface area contributed by atoms with Gasteiger partial charge in [-0.15, -0.1) is 0 Å². The van der Waals surface area contributed by atoms with Gasteiger partial charge in [-0.3, -0.25) is 9.59 Å². The van der Waals surface area contributed by atoms with Gasteiger partial charge in [-0.2, -0.15) is 0 Å². The summed E-state index contributed by atoms with van der Waals surface area (Å²) in [5.41, 5.74) is 2.95. The Hall–Kier alpha value is -1.84. The van der Waals surface area contributed by atoms with Crippen molar-refractivity contribution >= 4 is 11.8 Å². The monoisotopic (exact) mass is 340 g/mol. The Labute approximate surface area is 150 Å². The highest BCUT2D eigenvalue weighted by molar-refractivity contribution is 5.83. The van der Waals surface area contributed by atoms with Crippen molar-refractivity contribution in [1.29, 1.82) is 0 Å². The summed E-state index contributed by atoms with van der Waals surface area (Å²) in [6, 6.07) is 8.67. The molecule has 4 heteroatoms. The van der Waals surface area contributed by atoms with Crippen molar-refractivity contribution < 1.29 is 9.59 Å². The number of piperidine rings is 1. The maximum atomic E-state index is 12.5. The number of hydrogen-bond donors (Lipinski definition) is 1. The van der Waals surface area contributed by atoms with E-state index in [-0.39, 0.29) is 23.7 Å². The molecule has 2 amide bonds. The Morgan fingerprint density at radius 2 is 1.76 bits per heavy atom. The molecule has 4 nitrogen and oxygen atoms in total. The SMILES string of the molecule is O=C(NCCC1Cc2ccccc2C1)C1CCCN(C(=O)C2CC2)C1. The maximum absolute atomic E-state index is 12.5. The normalized spacial score (nSPS) is 23.4. The summed E-state index contributed by atoms with van der Waals surface area (Å²) in [6.07, 6.45) is 7.26. The number of nitrogens with one attached hydrogen (secondary N) is 1. The summed E-state index contributed by atoms with van der Waals surface area (Å²) in [4.78, 5) is 26.6. The van der Waals surface area contributed by atoms with Crippen LogP contribution >= 0.6 is 0 Å². The number of rotatable bonds is 5. The first-order valence-corrected chi connectivity index (χ1v) is 9.84. The number of amides is 2. The summed E-state index contributed by atoms with van der Waals surface area (Å²) in [5, 5.41) is 3.13. The topological polar surface area (TPSA) is 49.4 Å². The second-order valence-corrected chi connectivity index (χ2v) is 8.02. The molecule has 2 aliphatic carbocycles. The summed E-state index contributed by atoms with van der Waals surface area (Å²) in [7, 11) is 0. The Balaban J connectivity index is 1.21. The summed E-state index contributed by atoms with van der Waals surface area (Å²) >= 11 is 0. The summed E-state index contributed by atoms with van der Waals surface area (Å²) in [5.74, 6) is 1.31. The van der Waals surface area contributed by atoms with E-state index in [1.54, 1.807) is 0 Å². The van der Waals surface area contributed by atoms with Crippen molar-refractivity contribution in [2.75, 3.05) is 19.6 Å². The van der Waals surface area contributed by atoms with Gasteiger partial charge in [-0.25, -0.2) is 0 Å². The Morgan fingerprint density at radius 1 is 1.04 bits per heavy atom. The molecule has 0 radical (unpaired) electrons. The molecule has 1 N–H and O–H groups in total. The van der Waals surface area contributed by atoms with Crippen LogP contribution < -0.4 is 5.32 Å². The number of carbonyl (C=O) groups excluding carboxylic acids is 2. The minimum atomic E-state index is -0.0165. The van der Waals surface area contributed by atoms with E-state index in [9.17, 15) is 9.59 Å². The fourth-order valence-corrected chi connectivity index (χ4v) is 4.38.